The van der Waals surface area contributed by atoms with Gasteiger partial charge in [0.05, 0.1) is 12.1 Å². The number of nitrogens with one attached hydrogen (secondary N) is 3. The summed E-state index contributed by atoms with van der Waals surface area (Å²) in [4.78, 5) is 20.8. The lowest BCUT2D eigenvalue weighted by Crippen LogP contribution is -2.43. The third-order valence-corrected chi connectivity index (χ3v) is 5.21. The third kappa shape index (κ3) is 5.09. The Morgan fingerprint density at radius 3 is 2.50 bits per heavy atom. The second-order valence-corrected chi connectivity index (χ2v) is 7.12. The van der Waals surface area contributed by atoms with Gasteiger partial charge in [-0.25, -0.2) is 0 Å². The Balaban J connectivity index is 1.51. The summed E-state index contributed by atoms with van der Waals surface area (Å²) in [6.45, 7) is 4.75. The SMILES string of the molecule is CCNC(=NCC1(c2ccccc2)CCC1)NCCNC(=O)c1cccnc1. The van der Waals surface area contributed by atoms with Crippen molar-refractivity contribution in [3.8, 4) is 0 Å². The fourth-order valence-corrected chi connectivity index (χ4v) is 3.46. The lowest BCUT2D eigenvalue weighted by atomic mass is 9.64. The molecular weight excluding hydrogens is 350 g/mol. The summed E-state index contributed by atoms with van der Waals surface area (Å²) in [5.41, 5.74) is 2.11. The molecule has 0 radical (unpaired) electrons. The van der Waals surface area contributed by atoms with Gasteiger partial charge in [-0.3, -0.25) is 14.8 Å². The van der Waals surface area contributed by atoms with Crippen molar-refractivity contribution in [2.45, 2.75) is 31.6 Å². The van der Waals surface area contributed by atoms with E-state index in [1.54, 1.807) is 24.5 Å². The number of guanidine groups is 1. The van der Waals surface area contributed by atoms with Gasteiger partial charge in [0.2, 0.25) is 0 Å². The summed E-state index contributed by atoms with van der Waals surface area (Å²) >= 11 is 0. The molecule has 1 saturated carbocycles. The Kier molecular flexibility index (Phi) is 7.00. The van der Waals surface area contributed by atoms with E-state index in [0.717, 1.165) is 19.0 Å². The van der Waals surface area contributed by atoms with Crippen molar-refractivity contribution in [3.63, 3.8) is 0 Å². The fourth-order valence-electron chi connectivity index (χ4n) is 3.46. The number of nitrogens with zero attached hydrogens (tertiary/aromatic N) is 2. The Morgan fingerprint density at radius 2 is 1.86 bits per heavy atom. The van der Waals surface area contributed by atoms with Gasteiger partial charge in [0.1, 0.15) is 0 Å². The summed E-state index contributed by atoms with van der Waals surface area (Å²) in [7, 11) is 0. The van der Waals surface area contributed by atoms with Crippen molar-refractivity contribution < 1.29 is 4.79 Å². The average Bonchev–Trinajstić information content (AvgIpc) is 2.71. The molecule has 6 nitrogen and oxygen atoms in total. The molecule has 1 aliphatic rings. The molecule has 1 aromatic heterocycles. The third-order valence-electron chi connectivity index (χ3n) is 5.21. The lowest BCUT2D eigenvalue weighted by molar-refractivity contribution is 0.0954. The van der Waals surface area contributed by atoms with Crippen molar-refractivity contribution in [1.82, 2.24) is 20.9 Å². The molecule has 3 rings (SSSR count). The summed E-state index contributed by atoms with van der Waals surface area (Å²) in [6.07, 6.45) is 6.84. The van der Waals surface area contributed by atoms with Gasteiger partial charge in [0.15, 0.2) is 5.96 Å². The monoisotopic (exact) mass is 379 g/mol. The Morgan fingerprint density at radius 1 is 1.07 bits per heavy atom. The smallest absolute Gasteiger partial charge is 0.252 e. The minimum atomic E-state index is -0.116. The van der Waals surface area contributed by atoms with Crippen LogP contribution in [0.4, 0.5) is 0 Å². The standard InChI is InChI=1S/C22H29N5O/c1-2-24-21(26-15-14-25-20(28)18-8-6-13-23-16-18)27-17-22(11-7-12-22)19-9-4-3-5-10-19/h3-6,8-10,13,16H,2,7,11-12,14-15,17H2,1H3,(H,25,28)(H2,24,26,27). The van der Waals surface area contributed by atoms with Crippen molar-refractivity contribution in [2.75, 3.05) is 26.2 Å². The highest BCUT2D eigenvalue weighted by molar-refractivity contribution is 5.93. The highest BCUT2D eigenvalue weighted by Crippen LogP contribution is 2.43. The molecule has 1 fully saturated rings. The van der Waals surface area contributed by atoms with E-state index in [9.17, 15) is 4.79 Å². The quantitative estimate of drug-likeness (QED) is 0.374. The normalized spacial score (nSPS) is 15.4. The second kappa shape index (κ2) is 9.88. The van der Waals surface area contributed by atoms with E-state index >= 15 is 0 Å². The number of hydrogen-bond acceptors (Lipinski definition) is 3. The number of rotatable bonds is 8. The van der Waals surface area contributed by atoms with Gasteiger partial charge in [0.25, 0.3) is 5.91 Å². The van der Waals surface area contributed by atoms with Crippen LogP contribution in [0, 0.1) is 0 Å². The van der Waals surface area contributed by atoms with Gasteiger partial charge in [0, 0.05) is 37.4 Å². The van der Waals surface area contributed by atoms with Crippen LogP contribution in [0.2, 0.25) is 0 Å². The molecule has 0 saturated heterocycles. The van der Waals surface area contributed by atoms with Crippen molar-refractivity contribution in [2.24, 2.45) is 4.99 Å². The molecule has 0 bridgehead atoms. The number of aliphatic imine (C=N–C) groups is 1. The second-order valence-electron chi connectivity index (χ2n) is 7.12. The largest absolute Gasteiger partial charge is 0.357 e. The summed E-state index contributed by atoms with van der Waals surface area (Å²) in [5.74, 6) is 0.676. The molecule has 0 aliphatic heterocycles. The summed E-state index contributed by atoms with van der Waals surface area (Å²) < 4.78 is 0. The highest BCUT2D eigenvalue weighted by atomic mass is 16.1. The maximum Gasteiger partial charge on any atom is 0.252 e. The molecule has 2 aromatic rings. The lowest BCUT2D eigenvalue weighted by Gasteiger charge is -2.41. The molecular formula is C22H29N5O. The number of aromatic nitrogens is 1. The fraction of sp³-hybridized carbons (Fsp3) is 0.409. The Hall–Kier alpha value is -2.89. The molecule has 1 aliphatic carbocycles. The predicted octanol–water partition coefficient (Wildman–Crippen LogP) is 2.49. The number of carbonyl (C=O) groups is 1. The van der Waals surface area contributed by atoms with E-state index in [0.29, 0.717) is 18.7 Å². The number of pyridine rings is 1. The molecule has 3 N–H and O–H groups in total. The van der Waals surface area contributed by atoms with Gasteiger partial charge >= 0.3 is 0 Å². The Bertz CT molecular complexity index is 772. The maximum atomic E-state index is 12.1. The molecule has 6 heteroatoms. The van der Waals surface area contributed by atoms with Crippen molar-refractivity contribution in [3.05, 3.63) is 66.0 Å². The van der Waals surface area contributed by atoms with Gasteiger partial charge in [-0.05, 0) is 37.5 Å². The molecule has 0 spiro atoms. The van der Waals surface area contributed by atoms with Crippen LogP contribution in [0.15, 0.2) is 59.9 Å². The molecule has 148 valence electrons. The zero-order valence-corrected chi connectivity index (χ0v) is 16.4. The van der Waals surface area contributed by atoms with E-state index < -0.39 is 0 Å². The average molecular weight is 380 g/mol. The van der Waals surface area contributed by atoms with Gasteiger partial charge in [-0.1, -0.05) is 36.8 Å². The zero-order valence-electron chi connectivity index (χ0n) is 16.4. The van der Waals surface area contributed by atoms with E-state index in [-0.39, 0.29) is 11.3 Å². The minimum absolute atomic E-state index is 0.116. The summed E-state index contributed by atoms with van der Waals surface area (Å²) in [6, 6.07) is 14.2. The minimum Gasteiger partial charge on any atom is -0.357 e. The molecule has 1 aromatic carbocycles. The van der Waals surface area contributed by atoms with E-state index in [1.165, 1.54) is 24.8 Å². The van der Waals surface area contributed by atoms with Gasteiger partial charge < -0.3 is 16.0 Å². The number of carbonyl (C=O) groups excluding carboxylic acids is 1. The van der Waals surface area contributed by atoms with Crippen LogP contribution in [0.1, 0.15) is 42.1 Å². The van der Waals surface area contributed by atoms with E-state index in [2.05, 4.69) is 58.2 Å². The first-order valence-electron chi connectivity index (χ1n) is 9.99. The van der Waals surface area contributed by atoms with Crippen LogP contribution in [0.5, 0.6) is 0 Å². The first-order chi connectivity index (χ1) is 13.7. The van der Waals surface area contributed by atoms with Crippen LogP contribution >= 0.6 is 0 Å². The highest BCUT2D eigenvalue weighted by Gasteiger charge is 2.38. The molecule has 0 unspecified atom stereocenters. The number of amides is 1. The number of hydrogen-bond donors (Lipinski definition) is 3. The van der Waals surface area contributed by atoms with Gasteiger partial charge in [-0.2, -0.15) is 0 Å². The van der Waals surface area contributed by atoms with Crippen molar-refractivity contribution >= 4 is 11.9 Å². The molecule has 1 heterocycles. The molecule has 1 amide bonds. The van der Waals surface area contributed by atoms with E-state index in [4.69, 9.17) is 4.99 Å². The number of benzene rings is 1. The zero-order chi connectivity index (χ0) is 19.7. The molecule has 0 atom stereocenters. The predicted molar refractivity (Wildman–Crippen MR) is 113 cm³/mol. The van der Waals surface area contributed by atoms with Crippen LogP contribution < -0.4 is 16.0 Å². The maximum absolute atomic E-state index is 12.1. The van der Waals surface area contributed by atoms with Crippen LogP contribution in [0.25, 0.3) is 0 Å². The van der Waals surface area contributed by atoms with Crippen LogP contribution in [-0.2, 0) is 5.41 Å². The van der Waals surface area contributed by atoms with Gasteiger partial charge in [-0.15, -0.1) is 0 Å². The Labute approximate surface area is 166 Å². The van der Waals surface area contributed by atoms with Crippen LogP contribution in [-0.4, -0.2) is 43.0 Å². The topological polar surface area (TPSA) is 78.4 Å². The van der Waals surface area contributed by atoms with E-state index in [1.807, 2.05) is 0 Å². The first kappa shape index (κ1) is 19.9. The molecule has 28 heavy (non-hydrogen) atoms. The summed E-state index contributed by atoms with van der Waals surface area (Å²) in [5, 5.41) is 9.49. The van der Waals surface area contributed by atoms with Crippen LogP contribution in [0.3, 0.4) is 0 Å². The first-order valence-corrected chi connectivity index (χ1v) is 9.99. The van der Waals surface area contributed by atoms with Crippen molar-refractivity contribution in [1.29, 1.82) is 0 Å².